The fourth-order valence-corrected chi connectivity index (χ4v) is 3.08. The summed E-state index contributed by atoms with van der Waals surface area (Å²) in [6.45, 7) is 1.57. The Labute approximate surface area is 125 Å². The summed E-state index contributed by atoms with van der Waals surface area (Å²) in [4.78, 5) is 10.8. The highest BCUT2D eigenvalue weighted by Gasteiger charge is 2.20. The quantitative estimate of drug-likeness (QED) is 0.902. The molecule has 3 N–H and O–H groups in total. The highest BCUT2D eigenvalue weighted by Crippen LogP contribution is 2.24. The Kier molecular flexibility index (Phi) is 4.14. The normalized spacial score (nSPS) is 11.2. The zero-order chi connectivity index (χ0) is 16.5. The molecule has 8 heteroatoms. The number of nitrogens with one attached hydrogen (secondary N) is 1. The molecule has 0 saturated carbocycles. The van der Waals surface area contributed by atoms with Crippen molar-refractivity contribution in [1.29, 1.82) is 0 Å². The Morgan fingerprint density at radius 2 is 1.73 bits per heavy atom. The molecule has 22 heavy (non-hydrogen) atoms. The molecule has 0 unspecified atom stereocenters. The average molecular weight is 326 g/mol. The molecule has 0 fully saturated rings. The number of halogens is 2. The van der Waals surface area contributed by atoms with Crippen LogP contribution >= 0.6 is 0 Å². The van der Waals surface area contributed by atoms with Crippen molar-refractivity contribution in [2.75, 3.05) is 4.72 Å². The van der Waals surface area contributed by atoms with E-state index in [1.165, 1.54) is 12.1 Å². The van der Waals surface area contributed by atoms with Gasteiger partial charge in [0.25, 0.3) is 15.9 Å². The first-order chi connectivity index (χ1) is 10.2. The van der Waals surface area contributed by atoms with Crippen LogP contribution in [0.3, 0.4) is 0 Å². The van der Waals surface area contributed by atoms with Gasteiger partial charge in [-0.15, -0.1) is 0 Å². The zero-order valence-corrected chi connectivity index (χ0v) is 12.2. The number of amides is 1. The Morgan fingerprint density at radius 1 is 1.14 bits per heavy atom. The molecule has 2 rings (SSSR count). The summed E-state index contributed by atoms with van der Waals surface area (Å²) in [7, 11) is -4.27. The maximum atomic E-state index is 13.2. The lowest BCUT2D eigenvalue weighted by molar-refractivity contribution is 0.100. The Morgan fingerprint density at radius 3 is 2.27 bits per heavy atom. The van der Waals surface area contributed by atoms with Gasteiger partial charge in [0, 0.05) is 6.07 Å². The van der Waals surface area contributed by atoms with Crippen molar-refractivity contribution in [3.63, 3.8) is 0 Å². The molecule has 0 aliphatic heterocycles. The van der Waals surface area contributed by atoms with E-state index in [1.807, 2.05) is 0 Å². The second kappa shape index (κ2) is 5.72. The minimum Gasteiger partial charge on any atom is -0.366 e. The van der Waals surface area contributed by atoms with Crippen LogP contribution in [0.25, 0.3) is 0 Å². The first kappa shape index (κ1) is 15.9. The molecule has 0 radical (unpaired) electrons. The van der Waals surface area contributed by atoms with Gasteiger partial charge < -0.3 is 5.73 Å². The minimum atomic E-state index is -4.27. The van der Waals surface area contributed by atoms with E-state index in [-0.39, 0.29) is 11.3 Å². The van der Waals surface area contributed by atoms with Gasteiger partial charge in [-0.2, -0.15) is 0 Å². The molecule has 116 valence electrons. The van der Waals surface area contributed by atoms with Crippen LogP contribution in [0.1, 0.15) is 15.9 Å². The lowest BCUT2D eigenvalue weighted by Gasteiger charge is -2.13. The summed E-state index contributed by atoms with van der Waals surface area (Å²) < 4.78 is 53.0. The van der Waals surface area contributed by atoms with Gasteiger partial charge in [0.2, 0.25) is 0 Å². The predicted molar refractivity (Wildman–Crippen MR) is 76.9 cm³/mol. The molecule has 0 aromatic heterocycles. The van der Waals surface area contributed by atoms with E-state index < -0.39 is 32.5 Å². The lowest BCUT2D eigenvalue weighted by Crippen LogP contribution is -2.19. The van der Waals surface area contributed by atoms with E-state index in [1.54, 1.807) is 13.0 Å². The van der Waals surface area contributed by atoms with Crippen LogP contribution < -0.4 is 10.5 Å². The number of para-hydroxylation sites is 1. The van der Waals surface area contributed by atoms with Crippen molar-refractivity contribution in [2.45, 2.75) is 11.8 Å². The Bertz CT molecular complexity index is 831. The highest BCUT2D eigenvalue weighted by molar-refractivity contribution is 7.92. The van der Waals surface area contributed by atoms with Crippen LogP contribution in [0.15, 0.2) is 41.3 Å². The van der Waals surface area contributed by atoms with E-state index in [9.17, 15) is 22.0 Å². The van der Waals surface area contributed by atoms with Crippen LogP contribution in [0.4, 0.5) is 14.5 Å². The largest absolute Gasteiger partial charge is 0.366 e. The van der Waals surface area contributed by atoms with Gasteiger partial charge in [0.05, 0.1) is 16.1 Å². The summed E-state index contributed by atoms with van der Waals surface area (Å²) in [6, 6.07) is 6.35. The van der Waals surface area contributed by atoms with Gasteiger partial charge in [-0.1, -0.05) is 12.1 Å². The van der Waals surface area contributed by atoms with Crippen LogP contribution in [-0.2, 0) is 10.0 Å². The van der Waals surface area contributed by atoms with Crippen LogP contribution in [0.5, 0.6) is 0 Å². The second-order valence-electron chi connectivity index (χ2n) is 4.57. The number of benzene rings is 2. The summed E-state index contributed by atoms with van der Waals surface area (Å²) in [5.74, 6) is -2.88. The first-order valence-electron chi connectivity index (χ1n) is 6.09. The van der Waals surface area contributed by atoms with Gasteiger partial charge in [0.1, 0.15) is 11.6 Å². The van der Waals surface area contributed by atoms with Crippen LogP contribution in [0, 0.1) is 18.6 Å². The number of rotatable bonds is 4. The number of hydrogen-bond donors (Lipinski definition) is 2. The number of hydrogen-bond acceptors (Lipinski definition) is 3. The van der Waals surface area contributed by atoms with E-state index in [0.717, 1.165) is 0 Å². The van der Waals surface area contributed by atoms with E-state index in [0.29, 0.717) is 23.8 Å². The molecule has 0 heterocycles. The summed E-state index contributed by atoms with van der Waals surface area (Å²) in [5.41, 5.74) is 5.57. The zero-order valence-electron chi connectivity index (χ0n) is 11.4. The number of sulfonamides is 1. The van der Waals surface area contributed by atoms with E-state index >= 15 is 0 Å². The molecule has 2 aromatic rings. The molecule has 5 nitrogen and oxygen atoms in total. The van der Waals surface area contributed by atoms with Crippen molar-refractivity contribution >= 4 is 21.6 Å². The maximum Gasteiger partial charge on any atom is 0.262 e. The molecule has 0 saturated heterocycles. The van der Waals surface area contributed by atoms with E-state index in [2.05, 4.69) is 4.72 Å². The van der Waals surface area contributed by atoms with Gasteiger partial charge in [-0.3, -0.25) is 9.52 Å². The lowest BCUT2D eigenvalue weighted by atomic mass is 10.1. The highest BCUT2D eigenvalue weighted by atomic mass is 32.2. The molecule has 0 aliphatic rings. The Balaban J connectivity index is 2.52. The number of primary amides is 1. The molecular weight excluding hydrogens is 314 g/mol. The monoisotopic (exact) mass is 326 g/mol. The standard InChI is InChI=1S/C14H12F2N2O3S/c1-8-3-2-4-12(14(17)19)13(8)18-22(20,21)11-6-9(15)5-10(16)7-11/h2-7,18H,1H3,(H2,17,19). The van der Waals surface area contributed by atoms with Gasteiger partial charge >= 0.3 is 0 Å². The fourth-order valence-electron chi connectivity index (χ4n) is 1.89. The third-order valence-corrected chi connectivity index (χ3v) is 4.25. The third-order valence-electron chi connectivity index (χ3n) is 2.92. The SMILES string of the molecule is Cc1cccc(C(N)=O)c1NS(=O)(=O)c1cc(F)cc(F)c1. The van der Waals surface area contributed by atoms with Crippen LogP contribution in [0.2, 0.25) is 0 Å². The average Bonchev–Trinajstić information content (AvgIpc) is 2.39. The Hall–Kier alpha value is -2.48. The summed E-state index contributed by atoms with van der Waals surface area (Å²) >= 11 is 0. The van der Waals surface area contributed by atoms with Crippen molar-refractivity contribution < 1.29 is 22.0 Å². The van der Waals surface area contributed by atoms with Gasteiger partial charge in [-0.25, -0.2) is 17.2 Å². The third kappa shape index (κ3) is 3.22. The molecule has 0 atom stereocenters. The second-order valence-corrected chi connectivity index (χ2v) is 6.25. The van der Waals surface area contributed by atoms with Crippen molar-refractivity contribution in [3.8, 4) is 0 Å². The smallest absolute Gasteiger partial charge is 0.262 e. The molecule has 0 aliphatic carbocycles. The topological polar surface area (TPSA) is 89.3 Å². The maximum absolute atomic E-state index is 13.2. The van der Waals surface area contributed by atoms with Crippen molar-refractivity contribution in [2.24, 2.45) is 5.73 Å². The predicted octanol–water partition coefficient (Wildman–Crippen LogP) is 2.17. The molecule has 0 bridgehead atoms. The summed E-state index contributed by atoms with van der Waals surface area (Å²) in [6.07, 6.45) is 0. The minimum absolute atomic E-state index is 0.0281. The van der Waals surface area contributed by atoms with Crippen molar-refractivity contribution in [1.82, 2.24) is 0 Å². The van der Waals surface area contributed by atoms with Gasteiger partial charge in [0.15, 0.2) is 0 Å². The molecule has 0 spiro atoms. The molecule has 2 aromatic carbocycles. The molecular formula is C14H12F2N2O3S. The number of carbonyl (C=O) groups excluding carboxylic acids is 1. The number of anilines is 1. The molecule has 1 amide bonds. The number of aryl methyl sites for hydroxylation is 1. The fraction of sp³-hybridized carbons (Fsp3) is 0.0714. The van der Waals surface area contributed by atoms with E-state index in [4.69, 9.17) is 5.73 Å². The van der Waals surface area contributed by atoms with Gasteiger partial charge in [-0.05, 0) is 30.7 Å². The number of carbonyl (C=O) groups is 1. The first-order valence-corrected chi connectivity index (χ1v) is 7.57. The number of nitrogens with two attached hydrogens (primary N) is 1. The van der Waals surface area contributed by atoms with Crippen LogP contribution in [-0.4, -0.2) is 14.3 Å². The van der Waals surface area contributed by atoms with Crippen molar-refractivity contribution in [3.05, 3.63) is 59.2 Å². The summed E-state index contributed by atoms with van der Waals surface area (Å²) in [5, 5.41) is 0.